The van der Waals surface area contributed by atoms with Crippen LogP contribution in [0.3, 0.4) is 0 Å². The maximum atomic E-state index is 11.1. The van der Waals surface area contributed by atoms with Crippen LogP contribution in [0.1, 0.15) is 39.5 Å². The second-order valence-electron chi connectivity index (χ2n) is 3.29. The molecule has 0 radical (unpaired) electrons. The van der Waals surface area contributed by atoms with Gasteiger partial charge in [-0.1, -0.05) is 19.8 Å². The first-order chi connectivity index (χ1) is 7.16. The Balaban J connectivity index is 0. The van der Waals surface area contributed by atoms with Gasteiger partial charge in [-0.05, 0) is 6.42 Å². The normalized spacial score (nSPS) is 9.12. The van der Waals surface area contributed by atoms with E-state index in [-0.39, 0.29) is 30.7 Å². The Hall–Kier alpha value is -0.810. The first-order valence-electron chi connectivity index (χ1n) is 5.32. The van der Waals surface area contributed by atoms with Gasteiger partial charge in [-0.25, -0.2) is 5.43 Å². The summed E-state index contributed by atoms with van der Waals surface area (Å²) < 4.78 is 4.96. The molecule has 16 heavy (non-hydrogen) atoms. The van der Waals surface area contributed by atoms with Crippen molar-refractivity contribution >= 4 is 24.3 Å². The van der Waals surface area contributed by atoms with Crippen molar-refractivity contribution in [3.8, 4) is 0 Å². The highest BCUT2D eigenvalue weighted by atomic mass is 35.5. The summed E-state index contributed by atoms with van der Waals surface area (Å²) in [5.41, 5.74) is 5.00. The van der Waals surface area contributed by atoms with Crippen LogP contribution in [0, 0.1) is 0 Å². The van der Waals surface area contributed by atoms with Crippen molar-refractivity contribution in [3.63, 3.8) is 0 Å². The molecule has 0 aliphatic rings. The van der Waals surface area contributed by atoms with Crippen molar-refractivity contribution in [2.45, 2.75) is 39.5 Å². The van der Waals surface area contributed by atoms with Gasteiger partial charge in [-0.15, -0.1) is 12.4 Å². The average molecular weight is 253 g/mol. The molecule has 0 unspecified atom stereocenters. The highest BCUT2D eigenvalue weighted by Crippen LogP contribution is 1.95. The maximum absolute atomic E-state index is 11.1. The van der Waals surface area contributed by atoms with Gasteiger partial charge in [0.25, 0.3) is 0 Å². The summed E-state index contributed by atoms with van der Waals surface area (Å²) in [7, 11) is 0. The summed E-state index contributed by atoms with van der Waals surface area (Å²) in [4.78, 5) is 21.5. The van der Waals surface area contributed by atoms with Gasteiger partial charge in [-0.2, -0.15) is 0 Å². The van der Waals surface area contributed by atoms with E-state index in [1.54, 1.807) is 0 Å². The lowest BCUT2D eigenvalue weighted by Gasteiger charge is -2.05. The Morgan fingerprint density at radius 2 is 1.94 bits per heavy atom. The van der Waals surface area contributed by atoms with Crippen molar-refractivity contribution in [1.29, 1.82) is 0 Å². The summed E-state index contributed by atoms with van der Waals surface area (Å²) in [5, 5.41) is 0. The molecule has 0 fully saturated rings. The maximum Gasteiger partial charge on any atom is 0.307 e. The number of ether oxygens (including phenoxy) is 1. The van der Waals surface area contributed by atoms with E-state index in [0.717, 1.165) is 19.3 Å². The van der Waals surface area contributed by atoms with Gasteiger partial charge in [-0.3, -0.25) is 15.0 Å². The van der Waals surface area contributed by atoms with Crippen LogP contribution in [0.5, 0.6) is 0 Å². The third kappa shape index (κ3) is 13.2. The molecule has 0 saturated heterocycles. The number of hydrazine groups is 1. The molecule has 0 aromatic carbocycles. The van der Waals surface area contributed by atoms with Crippen LogP contribution in [-0.4, -0.2) is 25.0 Å². The minimum absolute atomic E-state index is 0. The number of carbonyl (C=O) groups is 2. The number of esters is 1. The predicted octanol–water partition coefficient (Wildman–Crippen LogP) is 1.17. The van der Waals surface area contributed by atoms with Crippen molar-refractivity contribution in [3.05, 3.63) is 0 Å². The fraction of sp³-hybridized carbons (Fsp3) is 0.800. The first kappa shape index (κ1) is 17.6. The fourth-order valence-corrected chi connectivity index (χ4v) is 0.962. The number of rotatable bonds is 8. The standard InChI is InChI=1S/C10H20N2O3.ClH/c1-3-4-5-8-15-10(14)6-7-11-12-9(2)13;/h11H,3-8H2,1-2H3,(H,12,13);1H. The van der Waals surface area contributed by atoms with Crippen LogP contribution >= 0.6 is 12.4 Å². The number of unbranched alkanes of at least 4 members (excludes halogenated alkanes) is 2. The van der Waals surface area contributed by atoms with Crippen LogP contribution in [0.4, 0.5) is 0 Å². The predicted molar refractivity (Wildman–Crippen MR) is 64.2 cm³/mol. The molecule has 5 nitrogen and oxygen atoms in total. The molecule has 0 saturated carbocycles. The van der Waals surface area contributed by atoms with Gasteiger partial charge in [0, 0.05) is 13.5 Å². The zero-order chi connectivity index (χ0) is 11.5. The molecular weight excluding hydrogens is 232 g/mol. The highest BCUT2D eigenvalue weighted by molar-refractivity contribution is 5.85. The Bertz CT molecular complexity index is 201. The van der Waals surface area contributed by atoms with Gasteiger partial charge in [0.05, 0.1) is 13.0 Å². The van der Waals surface area contributed by atoms with Gasteiger partial charge >= 0.3 is 5.97 Å². The molecule has 0 aromatic rings. The lowest BCUT2D eigenvalue weighted by atomic mass is 10.3. The molecule has 6 heteroatoms. The van der Waals surface area contributed by atoms with E-state index in [9.17, 15) is 9.59 Å². The summed E-state index contributed by atoms with van der Waals surface area (Å²) >= 11 is 0. The topological polar surface area (TPSA) is 67.4 Å². The zero-order valence-corrected chi connectivity index (χ0v) is 10.7. The Kier molecular flexibility index (Phi) is 13.5. The molecule has 96 valence electrons. The molecule has 0 aliphatic heterocycles. The van der Waals surface area contributed by atoms with E-state index in [1.165, 1.54) is 6.92 Å². The molecule has 0 bridgehead atoms. The Morgan fingerprint density at radius 3 is 2.50 bits per heavy atom. The summed E-state index contributed by atoms with van der Waals surface area (Å²) in [6.45, 7) is 4.38. The van der Waals surface area contributed by atoms with E-state index in [2.05, 4.69) is 17.8 Å². The number of amides is 1. The summed E-state index contributed by atoms with van der Waals surface area (Å²) in [5.74, 6) is -0.407. The Morgan fingerprint density at radius 1 is 1.25 bits per heavy atom. The van der Waals surface area contributed by atoms with Gasteiger partial charge < -0.3 is 4.74 Å². The summed E-state index contributed by atoms with van der Waals surface area (Å²) in [6, 6.07) is 0. The van der Waals surface area contributed by atoms with Crippen LogP contribution in [-0.2, 0) is 14.3 Å². The largest absolute Gasteiger partial charge is 0.466 e. The minimum Gasteiger partial charge on any atom is -0.466 e. The molecule has 0 spiro atoms. The van der Waals surface area contributed by atoms with Crippen LogP contribution in [0.15, 0.2) is 0 Å². The van der Waals surface area contributed by atoms with E-state index >= 15 is 0 Å². The third-order valence-corrected chi connectivity index (χ3v) is 1.73. The second kappa shape index (κ2) is 12.3. The fourth-order valence-electron chi connectivity index (χ4n) is 0.962. The molecule has 0 aromatic heterocycles. The SMILES string of the molecule is CCCCCOC(=O)CCNNC(C)=O.Cl. The molecular formula is C10H21ClN2O3. The van der Waals surface area contributed by atoms with E-state index < -0.39 is 0 Å². The average Bonchev–Trinajstić information content (AvgIpc) is 2.19. The van der Waals surface area contributed by atoms with E-state index in [1.807, 2.05) is 0 Å². The van der Waals surface area contributed by atoms with Crippen molar-refractivity contribution in [2.24, 2.45) is 0 Å². The number of carbonyl (C=O) groups excluding carboxylic acids is 2. The van der Waals surface area contributed by atoms with Crippen molar-refractivity contribution in [1.82, 2.24) is 10.9 Å². The van der Waals surface area contributed by atoms with Crippen molar-refractivity contribution < 1.29 is 14.3 Å². The smallest absolute Gasteiger partial charge is 0.307 e. The molecule has 0 atom stereocenters. The molecule has 0 aliphatic carbocycles. The second-order valence-corrected chi connectivity index (χ2v) is 3.29. The lowest BCUT2D eigenvalue weighted by Crippen LogP contribution is -2.37. The lowest BCUT2D eigenvalue weighted by molar-refractivity contribution is -0.143. The molecule has 0 rings (SSSR count). The Labute approximate surface area is 103 Å². The highest BCUT2D eigenvalue weighted by Gasteiger charge is 2.01. The first-order valence-corrected chi connectivity index (χ1v) is 5.32. The number of hydrogen-bond donors (Lipinski definition) is 2. The minimum atomic E-state index is -0.232. The van der Waals surface area contributed by atoms with Gasteiger partial charge in [0.15, 0.2) is 0 Å². The van der Waals surface area contributed by atoms with Crippen LogP contribution < -0.4 is 10.9 Å². The van der Waals surface area contributed by atoms with Gasteiger partial charge in [0.1, 0.15) is 0 Å². The van der Waals surface area contributed by atoms with Gasteiger partial charge in [0.2, 0.25) is 5.91 Å². The quantitative estimate of drug-likeness (QED) is 0.387. The van der Waals surface area contributed by atoms with Crippen LogP contribution in [0.25, 0.3) is 0 Å². The van der Waals surface area contributed by atoms with E-state index in [4.69, 9.17) is 4.74 Å². The molecule has 0 heterocycles. The number of nitrogens with one attached hydrogen (secondary N) is 2. The van der Waals surface area contributed by atoms with E-state index in [0.29, 0.717) is 13.2 Å². The summed E-state index contributed by atoms with van der Waals surface area (Å²) in [6.07, 6.45) is 3.38. The third-order valence-electron chi connectivity index (χ3n) is 1.73. The molecule has 2 N–H and O–H groups in total. The van der Waals surface area contributed by atoms with Crippen molar-refractivity contribution in [2.75, 3.05) is 13.2 Å². The number of halogens is 1. The number of hydrogen-bond acceptors (Lipinski definition) is 4. The monoisotopic (exact) mass is 252 g/mol. The van der Waals surface area contributed by atoms with Crippen LogP contribution in [0.2, 0.25) is 0 Å². The molecule has 1 amide bonds. The zero-order valence-electron chi connectivity index (χ0n) is 9.88.